The van der Waals surface area contributed by atoms with Crippen molar-refractivity contribution in [2.45, 2.75) is 6.54 Å². The molecular weight excluding hydrogens is 290 g/mol. The molecule has 2 aromatic heterocycles. The highest BCUT2D eigenvalue weighted by Crippen LogP contribution is 2.29. The standard InChI is InChI=1S/C18H15N3S/c19-14-9-7-13(8-10-14)12-21-16-5-2-1-4-15(16)20-18(21)17-6-3-11-22-17/h1-11H,12,19H2. The van der Waals surface area contributed by atoms with Gasteiger partial charge in [-0.1, -0.05) is 30.3 Å². The molecule has 4 heteroatoms. The Morgan fingerprint density at radius 2 is 1.77 bits per heavy atom. The van der Waals surface area contributed by atoms with Crippen LogP contribution in [-0.4, -0.2) is 9.55 Å². The van der Waals surface area contributed by atoms with Gasteiger partial charge in [0.15, 0.2) is 5.82 Å². The number of nitrogen functional groups attached to an aromatic ring is 1. The molecule has 0 radical (unpaired) electrons. The maximum atomic E-state index is 5.78. The zero-order valence-corrected chi connectivity index (χ0v) is 12.8. The molecule has 0 aliphatic rings. The van der Waals surface area contributed by atoms with Crippen molar-refractivity contribution >= 4 is 28.1 Å². The number of rotatable bonds is 3. The third-order valence-corrected chi connectivity index (χ3v) is 4.58. The van der Waals surface area contributed by atoms with Crippen LogP contribution >= 0.6 is 11.3 Å². The molecule has 2 N–H and O–H groups in total. The number of thiophene rings is 1. The minimum atomic E-state index is 0.786. The molecule has 0 bridgehead atoms. The summed E-state index contributed by atoms with van der Waals surface area (Å²) in [4.78, 5) is 6.00. The van der Waals surface area contributed by atoms with Gasteiger partial charge in [-0.3, -0.25) is 0 Å². The lowest BCUT2D eigenvalue weighted by Gasteiger charge is -2.09. The average Bonchev–Trinajstić information content (AvgIpc) is 3.18. The second-order valence-electron chi connectivity index (χ2n) is 5.23. The van der Waals surface area contributed by atoms with E-state index in [0.29, 0.717) is 0 Å². The number of hydrogen-bond acceptors (Lipinski definition) is 3. The Morgan fingerprint density at radius 3 is 2.55 bits per heavy atom. The number of nitrogens with two attached hydrogens (primary N) is 1. The predicted octanol–water partition coefficient (Wildman–Crippen LogP) is 4.40. The number of nitrogens with zero attached hydrogens (tertiary/aromatic N) is 2. The molecule has 0 fully saturated rings. The SMILES string of the molecule is Nc1ccc(Cn2c(-c3cccs3)nc3ccccc32)cc1. The second kappa shape index (κ2) is 5.31. The van der Waals surface area contributed by atoms with E-state index in [1.54, 1.807) is 11.3 Å². The lowest BCUT2D eigenvalue weighted by atomic mass is 10.2. The molecule has 108 valence electrons. The zero-order valence-electron chi connectivity index (χ0n) is 11.9. The second-order valence-corrected chi connectivity index (χ2v) is 6.18. The summed E-state index contributed by atoms with van der Waals surface area (Å²) in [7, 11) is 0. The van der Waals surface area contributed by atoms with Crippen LogP contribution in [0.25, 0.3) is 21.7 Å². The quantitative estimate of drug-likeness (QED) is 0.570. The molecule has 3 nitrogen and oxygen atoms in total. The minimum absolute atomic E-state index is 0.786. The van der Waals surface area contributed by atoms with E-state index in [1.165, 1.54) is 10.4 Å². The van der Waals surface area contributed by atoms with E-state index in [0.717, 1.165) is 29.1 Å². The predicted molar refractivity (Wildman–Crippen MR) is 93.0 cm³/mol. The molecule has 0 unspecified atom stereocenters. The van der Waals surface area contributed by atoms with Gasteiger partial charge in [-0.25, -0.2) is 4.98 Å². The smallest absolute Gasteiger partial charge is 0.151 e. The molecule has 0 aliphatic heterocycles. The van der Waals surface area contributed by atoms with Crippen LogP contribution in [-0.2, 0) is 6.54 Å². The lowest BCUT2D eigenvalue weighted by molar-refractivity contribution is 0.836. The van der Waals surface area contributed by atoms with Gasteiger partial charge < -0.3 is 10.3 Å². The van der Waals surface area contributed by atoms with Gasteiger partial charge in [-0.2, -0.15) is 0 Å². The lowest BCUT2D eigenvalue weighted by Crippen LogP contribution is -2.01. The van der Waals surface area contributed by atoms with Crippen molar-refractivity contribution in [1.82, 2.24) is 9.55 Å². The Kier molecular flexibility index (Phi) is 3.16. The number of aromatic nitrogens is 2. The van der Waals surface area contributed by atoms with E-state index in [1.807, 2.05) is 18.2 Å². The average molecular weight is 305 g/mol. The van der Waals surface area contributed by atoms with Crippen LogP contribution in [0.5, 0.6) is 0 Å². The molecule has 0 amide bonds. The summed E-state index contributed by atoms with van der Waals surface area (Å²) < 4.78 is 2.27. The molecule has 22 heavy (non-hydrogen) atoms. The molecule has 0 aliphatic carbocycles. The molecule has 4 rings (SSSR count). The summed E-state index contributed by atoms with van der Waals surface area (Å²) in [6.07, 6.45) is 0. The number of imidazole rings is 1. The Morgan fingerprint density at radius 1 is 0.955 bits per heavy atom. The van der Waals surface area contributed by atoms with E-state index in [9.17, 15) is 0 Å². The minimum Gasteiger partial charge on any atom is -0.399 e. The van der Waals surface area contributed by atoms with Crippen LogP contribution in [0.2, 0.25) is 0 Å². The number of fused-ring (bicyclic) bond motifs is 1. The normalized spacial score (nSPS) is 11.1. The molecule has 0 saturated carbocycles. The van der Waals surface area contributed by atoms with Gasteiger partial charge in [0.25, 0.3) is 0 Å². The first-order valence-corrected chi connectivity index (χ1v) is 8.03. The molecule has 2 aromatic carbocycles. The molecule has 0 spiro atoms. The van der Waals surface area contributed by atoms with Crippen LogP contribution in [0.15, 0.2) is 66.0 Å². The molecule has 0 atom stereocenters. The third-order valence-electron chi connectivity index (χ3n) is 3.72. The van der Waals surface area contributed by atoms with Gasteiger partial charge in [0.1, 0.15) is 0 Å². The van der Waals surface area contributed by atoms with Gasteiger partial charge in [0.05, 0.1) is 15.9 Å². The van der Waals surface area contributed by atoms with Gasteiger partial charge in [0, 0.05) is 12.2 Å². The van der Waals surface area contributed by atoms with Crippen LogP contribution in [0, 0.1) is 0 Å². The first kappa shape index (κ1) is 13.1. The van der Waals surface area contributed by atoms with Gasteiger partial charge in [0.2, 0.25) is 0 Å². The third kappa shape index (κ3) is 2.27. The number of hydrogen-bond donors (Lipinski definition) is 1. The molecule has 2 heterocycles. The van der Waals surface area contributed by atoms with Crippen molar-refractivity contribution in [3.63, 3.8) is 0 Å². The summed E-state index contributed by atoms with van der Waals surface area (Å²) >= 11 is 1.72. The van der Waals surface area contributed by atoms with Gasteiger partial charge in [-0.15, -0.1) is 11.3 Å². The number of benzene rings is 2. The highest BCUT2D eigenvalue weighted by molar-refractivity contribution is 7.13. The molecular formula is C18H15N3S. The fourth-order valence-electron chi connectivity index (χ4n) is 2.64. The van der Waals surface area contributed by atoms with E-state index in [2.05, 4.69) is 52.4 Å². The van der Waals surface area contributed by atoms with Crippen LogP contribution in [0.4, 0.5) is 5.69 Å². The van der Waals surface area contributed by atoms with Crippen molar-refractivity contribution in [2.75, 3.05) is 5.73 Å². The van der Waals surface area contributed by atoms with Crippen molar-refractivity contribution in [3.05, 3.63) is 71.6 Å². The fraction of sp³-hybridized carbons (Fsp3) is 0.0556. The highest BCUT2D eigenvalue weighted by Gasteiger charge is 2.13. The summed E-state index contributed by atoms with van der Waals surface area (Å²) in [5, 5.41) is 2.09. The summed E-state index contributed by atoms with van der Waals surface area (Å²) in [6, 6.07) is 20.5. The zero-order chi connectivity index (χ0) is 14.9. The van der Waals surface area contributed by atoms with E-state index in [4.69, 9.17) is 10.7 Å². The number of para-hydroxylation sites is 2. The first-order chi connectivity index (χ1) is 10.8. The van der Waals surface area contributed by atoms with Crippen molar-refractivity contribution in [2.24, 2.45) is 0 Å². The maximum absolute atomic E-state index is 5.78. The topological polar surface area (TPSA) is 43.8 Å². The van der Waals surface area contributed by atoms with Crippen molar-refractivity contribution in [1.29, 1.82) is 0 Å². The summed E-state index contributed by atoms with van der Waals surface area (Å²) in [5.74, 6) is 1.02. The van der Waals surface area contributed by atoms with Crippen molar-refractivity contribution in [3.8, 4) is 10.7 Å². The Bertz CT molecular complexity index is 905. The maximum Gasteiger partial charge on any atom is 0.151 e. The van der Waals surface area contributed by atoms with Gasteiger partial charge in [-0.05, 0) is 41.3 Å². The Labute approximate surface area is 132 Å². The number of anilines is 1. The van der Waals surface area contributed by atoms with Crippen LogP contribution in [0.1, 0.15) is 5.56 Å². The fourth-order valence-corrected chi connectivity index (χ4v) is 3.36. The van der Waals surface area contributed by atoms with Crippen molar-refractivity contribution < 1.29 is 0 Å². The van der Waals surface area contributed by atoms with E-state index >= 15 is 0 Å². The Balaban J connectivity index is 1.87. The molecule has 4 aromatic rings. The monoisotopic (exact) mass is 305 g/mol. The Hall–Kier alpha value is -2.59. The summed E-state index contributed by atoms with van der Waals surface area (Å²) in [6.45, 7) is 0.786. The van der Waals surface area contributed by atoms with Gasteiger partial charge >= 0.3 is 0 Å². The largest absolute Gasteiger partial charge is 0.399 e. The van der Waals surface area contributed by atoms with E-state index < -0.39 is 0 Å². The van der Waals surface area contributed by atoms with Crippen LogP contribution < -0.4 is 5.73 Å². The summed E-state index contributed by atoms with van der Waals surface area (Å²) in [5.41, 5.74) is 9.97. The molecule has 0 saturated heterocycles. The van der Waals surface area contributed by atoms with Crippen LogP contribution in [0.3, 0.4) is 0 Å². The first-order valence-electron chi connectivity index (χ1n) is 7.15. The highest BCUT2D eigenvalue weighted by atomic mass is 32.1. The van der Waals surface area contributed by atoms with E-state index in [-0.39, 0.29) is 0 Å².